The van der Waals surface area contributed by atoms with Crippen LogP contribution in [0.2, 0.25) is 0 Å². The summed E-state index contributed by atoms with van der Waals surface area (Å²) in [5.41, 5.74) is 0. The lowest BCUT2D eigenvalue weighted by Crippen LogP contribution is -2.06. The standard InChI is InChI=1S/C16H17BrO3.C10H7BrO/c1-2-19-16(18)4-3-9-20-15-8-6-12-10-14(17)7-5-13(12)11-15;11-9-3-1-8-6-10(12)4-2-7(8)5-9/h5-8,10-11H,2-4,9H2,1H3;1-6,12H. The number of carbonyl (C=O) groups is 1. The number of halogens is 2. The number of hydrogen-bond acceptors (Lipinski definition) is 4. The molecule has 0 saturated heterocycles. The summed E-state index contributed by atoms with van der Waals surface area (Å²) in [6, 6.07) is 23.4. The minimum Gasteiger partial charge on any atom is -0.508 e. The molecule has 0 atom stereocenters. The summed E-state index contributed by atoms with van der Waals surface area (Å²) in [5, 5.41) is 13.7. The van der Waals surface area contributed by atoms with Crippen LogP contribution in [0.25, 0.3) is 21.5 Å². The van der Waals surface area contributed by atoms with Gasteiger partial charge in [0.25, 0.3) is 0 Å². The number of hydrogen-bond donors (Lipinski definition) is 1. The van der Waals surface area contributed by atoms with Crippen LogP contribution in [0.5, 0.6) is 11.5 Å². The molecule has 32 heavy (non-hydrogen) atoms. The third-order valence-corrected chi connectivity index (χ3v) is 5.65. The fraction of sp³-hybridized carbons (Fsp3) is 0.192. The predicted molar refractivity (Wildman–Crippen MR) is 136 cm³/mol. The third-order valence-electron chi connectivity index (χ3n) is 4.66. The zero-order valence-electron chi connectivity index (χ0n) is 17.7. The number of esters is 1. The molecule has 0 aromatic heterocycles. The molecule has 0 spiro atoms. The molecule has 6 heteroatoms. The lowest BCUT2D eigenvalue weighted by molar-refractivity contribution is -0.143. The molecule has 0 aliphatic heterocycles. The highest BCUT2D eigenvalue weighted by Crippen LogP contribution is 2.24. The highest BCUT2D eigenvalue weighted by molar-refractivity contribution is 9.10. The van der Waals surface area contributed by atoms with Crippen LogP contribution in [-0.2, 0) is 9.53 Å². The monoisotopic (exact) mass is 558 g/mol. The molecular formula is C26H24Br2O4. The Hall–Kier alpha value is -2.57. The maximum Gasteiger partial charge on any atom is 0.305 e. The number of fused-ring (bicyclic) bond motifs is 2. The second-order valence-electron chi connectivity index (χ2n) is 7.09. The molecule has 0 fully saturated rings. The molecule has 4 aromatic carbocycles. The van der Waals surface area contributed by atoms with E-state index in [2.05, 4.69) is 37.9 Å². The number of ether oxygens (including phenoxy) is 2. The molecule has 4 nitrogen and oxygen atoms in total. The average Bonchev–Trinajstić information content (AvgIpc) is 2.77. The second-order valence-corrected chi connectivity index (χ2v) is 8.92. The van der Waals surface area contributed by atoms with Gasteiger partial charge in [-0.1, -0.05) is 56.1 Å². The van der Waals surface area contributed by atoms with Crippen LogP contribution in [0.3, 0.4) is 0 Å². The molecule has 166 valence electrons. The highest BCUT2D eigenvalue weighted by atomic mass is 79.9. The summed E-state index contributed by atoms with van der Waals surface area (Å²) in [5.74, 6) is 0.966. The maximum atomic E-state index is 11.2. The van der Waals surface area contributed by atoms with Crippen molar-refractivity contribution < 1.29 is 19.4 Å². The molecule has 0 amide bonds. The molecule has 1 N–H and O–H groups in total. The van der Waals surface area contributed by atoms with Crippen molar-refractivity contribution in [2.24, 2.45) is 0 Å². The summed E-state index contributed by atoms with van der Waals surface area (Å²) < 4.78 is 12.6. The molecule has 0 heterocycles. The summed E-state index contributed by atoms with van der Waals surface area (Å²) in [6.45, 7) is 2.75. The number of benzene rings is 4. The Morgan fingerprint density at radius 1 is 0.812 bits per heavy atom. The van der Waals surface area contributed by atoms with E-state index in [0.29, 0.717) is 31.8 Å². The van der Waals surface area contributed by atoms with Crippen LogP contribution >= 0.6 is 31.9 Å². The van der Waals surface area contributed by atoms with E-state index in [1.54, 1.807) is 12.1 Å². The molecule has 0 saturated carbocycles. The minimum absolute atomic E-state index is 0.167. The first kappa shape index (κ1) is 24.1. The average molecular weight is 560 g/mol. The van der Waals surface area contributed by atoms with Crippen LogP contribution in [0, 0.1) is 0 Å². The largest absolute Gasteiger partial charge is 0.508 e. The van der Waals surface area contributed by atoms with Gasteiger partial charge >= 0.3 is 5.97 Å². The Bertz CT molecular complexity index is 1170. The summed E-state index contributed by atoms with van der Waals surface area (Å²) in [7, 11) is 0. The molecule has 4 rings (SSSR count). The topological polar surface area (TPSA) is 55.8 Å². The fourth-order valence-electron chi connectivity index (χ4n) is 3.13. The van der Waals surface area contributed by atoms with Crippen LogP contribution < -0.4 is 4.74 Å². The summed E-state index contributed by atoms with van der Waals surface area (Å²) in [6.07, 6.45) is 1.06. The van der Waals surface area contributed by atoms with Crippen molar-refractivity contribution in [2.45, 2.75) is 19.8 Å². The molecule has 0 bridgehead atoms. The molecule has 0 radical (unpaired) electrons. The van der Waals surface area contributed by atoms with Gasteiger partial charge in [0.1, 0.15) is 11.5 Å². The van der Waals surface area contributed by atoms with Gasteiger partial charge in [-0.25, -0.2) is 0 Å². The minimum atomic E-state index is -0.167. The zero-order chi connectivity index (χ0) is 22.9. The van der Waals surface area contributed by atoms with Gasteiger partial charge in [-0.3, -0.25) is 4.79 Å². The van der Waals surface area contributed by atoms with Gasteiger partial charge in [0, 0.05) is 15.4 Å². The van der Waals surface area contributed by atoms with Crippen molar-refractivity contribution in [1.29, 1.82) is 0 Å². The van der Waals surface area contributed by atoms with Gasteiger partial charge in [0.05, 0.1) is 13.2 Å². The smallest absolute Gasteiger partial charge is 0.305 e. The highest BCUT2D eigenvalue weighted by Gasteiger charge is 2.02. The van der Waals surface area contributed by atoms with Crippen LogP contribution in [0.1, 0.15) is 19.8 Å². The normalized spacial score (nSPS) is 10.5. The molecule has 0 aliphatic rings. The maximum absolute atomic E-state index is 11.2. The number of rotatable bonds is 6. The van der Waals surface area contributed by atoms with Crippen molar-refractivity contribution in [3.8, 4) is 11.5 Å². The van der Waals surface area contributed by atoms with E-state index in [1.165, 1.54) is 5.39 Å². The number of carbonyl (C=O) groups excluding carboxylic acids is 1. The van der Waals surface area contributed by atoms with E-state index in [-0.39, 0.29) is 5.97 Å². The molecule has 4 aromatic rings. The van der Waals surface area contributed by atoms with Crippen molar-refractivity contribution in [2.75, 3.05) is 13.2 Å². The Balaban J connectivity index is 0.000000204. The molecular weight excluding hydrogens is 536 g/mol. The second kappa shape index (κ2) is 11.9. The van der Waals surface area contributed by atoms with Crippen molar-refractivity contribution in [3.63, 3.8) is 0 Å². The summed E-state index contributed by atoms with van der Waals surface area (Å²) >= 11 is 6.84. The summed E-state index contributed by atoms with van der Waals surface area (Å²) in [4.78, 5) is 11.2. The van der Waals surface area contributed by atoms with Crippen molar-refractivity contribution >= 4 is 59.4 Å². The quantitative estimate of drug-likeness (QED) is 0.195. The first-order chi connectivity index (χ1) is 15.4. The molecule has 0 aliphatic carbocycles. The van der Waals surface area contributed by atoms with Crippen LogP contribution in [0.15, 0.2) is 81.7 Å². The van der Waals surface area contributed by atoms with Gasteiger partial charge < -0.3 is 14.6 Å². The third kappa shape index (κ3) is 7.24. The van der Waals surface area contributed by atoms with E-state index >= 15 is 0 Å². The SMILES string of the molecule is CCOC(=O)CCCOc1ccc2cc(Br)ccc2c1.Oc1ccc2cc(Br)ccc2c1. The number of aromatic hydroxyl groups is 1. The fourth-order valence-corrected chi connectivity index (χ4v) is 3.89. The van der Waals surface area contributed by atoms with Crippen molar-refractivity contribution in [1.82, 2.24) is 0 Å². The van der Waals surface area contributed by atoms with Crippen LogP contribution in [-0.4, -0.2) is 24.3 Å². The van der Waals surface area contributed by atoms with Gasteiger partial charge in [-0.15, -0.1) is 0 Å². The number of phenols is 1. The van der Waals surface area contributed by atoms with Gasteiger partial charge in [-0.05, 0) is 83.4 Å². The zero-order valence-corrected chi connectivity index (χ0v) is 20.9. The van der Waals surface area contributed by atoms with Gasteiger partial charge in [0.15, 0.2) is 0 Å². The van der Waals surface area contributed by atoms with Gasteiger partial charge in [0.2, 0.25) is 0 Å². The van der Waals surface area contributed by atoms with Crippen molar-refractivity contribution in [3.05, 3.63) is 81.7 Å². The number of phenolic OH excluding ortho intramolecular Hbond substituents is 1. The first-order valence-corrected chi connectivity index (χ1v) is 11.9. The van der Waals surface area contributed by atoms with E-state index in [1.807, 2.05) is 61.5 Å². The van der Waals surface area contributed by atoms with E-state index in [0.717, 1.165) is 30.9 Å². The molecule has 0 unspecified atom stereocenters. The lowest BCUT2D eigenvalue weighted by atomic mass is 10.1. The Morgan fingerprint density at radius 2 is 1.38 bits per heavy atom. The lowest BCUT2D eigenvalue weighted by Gasteiger charge is -2.07. The predicted octanol–water partition coefficient (Wildman–Crippen LogP) is 7.63. The Morgan fingerprint density at radius 3 is 2.03 bits per heavy atom. The Kier molecular flexibility index (Phi) is 8.94. The van der Waals surface area contributed by atoms with E-state index in [4.69, 9.17) is 9.47 Å². The van der Waals surface area contributed by atoms with E-state index in [9.17, 15) is 9.90 Å². The first-order valence-electron chi connectivity index (χ1n) is 10.3. The van der Waals surface area contributed by atoms with Gasteiger partial charge in [-0.2, -0.15) is 0 Å². The Labute approximate surface area is 204 Å². The van der Waals surface area contributed by atoms with Crippen LogP contribution in [0.4, 0.5) is 0 Å². The van der Waals surface area contributed by atoms with E-state index < -0.39 is 0 Å².